The van der Waals surface area contributed by atoms with Crippen LogP contribution in [0, 0.1) is 11.8 Å². The van der Waals surface area contributed by atoms with Crippen LogP contribution in [0.3, 0.4) is 0 Å². The van der Waals surface area contributed by atoms with Crippen molar-refractivity contribution >= 4 is 0 Å². The second kappa shape index (κ2) is 3.64. The smallest absolute Gasteiger partial charge is 0.330 e. The minimum Gasteiger partial charge on any atom is -0.330 e. The van der Waals surface area contributed by atoms with Gasteiger partial charge in [0.2, 0.25) is 0 Å². The summed E-state index contributed by atoms with van der Waals surface area (Å²) in [5.41, 5.74) is 5.34. The lowest BCUT2D eigenvalue weighted by Crippen LogP contribution is -2.31. The summed E-state index contributed by atoms with van der Waals surface area (Å²) in [7, 11) is 0. The van der Waals surface area contributed by atoms with E-state index in [1.54, 1.807) is 0 Å². The maximum absolute atomic E-state index is 12.2. The molecule has 1 rings (SSSR count). The van der Waals surface area contributed by atoms with Crippen molar-refractivity contribution in [3.63, 3.8) is 0 Å². The summed E-state index contributed by atoms with van der Waals surface area (Å²) in [5, 5.41) is 0. The monoisotopic (exact) mass is 181 g/mol. The molecule has 4 heteroatoms. The van der Waals surface area contributed by atoms with Gasteiger partial charge in [0, 0.05) is 0 Å². The zero-order valence-electron chi connectivity index (χ0n) is 6.90. The third-order valence-corrected chi connectivity index (χ3v) is 2.58. The first kappa shape index (κ1) is 9.84. The fourth-order valence-electron chi connectivity index (χ4n) is 1.80. The van der Waals surface area contributed by atoms with Crippen LogP contribution < -0.4 is 5.73 Å². The largest absolute Gasteiger partial charge is 0.391 e. The first-order valence-electron chi connectivity index (χ1n) is 4.31. The van der Waals surface area contributed by atoms with Gasteiger partial charge in [-0.05, 0) is 31.7 Å². The molecule has 0 aliphatic heterocycles. The predicted molar refractivity (Wildman–Crippen MR) is 40.6 cm³/mol. The molecule has 0 aromatic carbocycles. The Morgan fingerprint density at radius 3 is 2.42 bits per heavy atom. The lowest BCUT2D eigenvalue weighted by molar-refractivity contribution is -0.185. The molecule has 1 saturated carbocycles. The van der Waals surface area contributed by atoms with Crippen LogP contribution >= 0.6 is 0 Å². The fourth-order valence-corrected chi connectivity index (χ4v) is 1.80. The van der Waals surface area contributed by atoms with Crippen LogP contribution in [-0.2, 0) is 0 Å². The first-order valence-corrected chi connectivity index (χ1v) is 4.31. The summed E-state index contributed by atoms with van der Waals surface area (Å²) >= 11 is 0. The number of hydrogen-bond donors (Lipinski definition) is 1. The number of hydrogen-bond acceptors (Lipinski definition) is 1. The van der Waals surface area contributed by atoms with Gasteiger partial charge < -0.3 is 5.73 Å². The van der Waals surface area contributed by atoms with Crippen LogP contribution in [0.2, 0.25) is 0 Å². The van der Waals surface area contributed by atoms with E-state index >= 15 is 0 Å². The van der Waals surface area contributed by atoms with E-state index in [0.29, 0.717) is 19.4 Å². The van der Waals surface area contributed by atoms with Crippen LogP contribution in [0.4, 0.5) is 13.2 Å². The third-order valence-electron chi connectivity index (χ3n) is 2.58. The average molecular weight is 181 g/mol. The molecule has 1 aliphatic carbocycles. The maximum atomic E-state index is 12.2. The van der Waals surface area contributed by atoms with Crippen molar-refractivity contribution in [1.29, 1.82) is 0 Å². The van der Waals surface area contributed by atoms with Crippen molar-refractivity contribution in [2.75, 3.05) is 6.54 Å². The van der Waals surface area contributed by atoms with Crippen molar-refractivity contribution in [1.82, 2.24) is 0 Å². The number of nitrogens with two attached hydrogens (primary N) is 1. The quantitative estimate of drug-likeness (QED) is 0.660. The molecule has 1 nitrogen and oxygen atoms in total. The van der Waals surface area contributed by atoms with E-state index in [1.165, 1.54) is 0 Å². The summed E-state index contributed by atoms with van der Waals surface area (Å²) in [6.45, 7) is 0.395. The third kappa shape index (κ3) is 2.37. The highest BCUT2D eigenvalue weighted by atomic mass is 19.4. The average Bonchev–Trinajstić information content (AvgIpc) is 2.03. The molecule has 0 radical (unpaired) electrons. The van der Waals surface area contributed by atoms with Crippen LogP contribution in [0.1, 0.15) is 25.7 Å². The highest BCUT2D eigenvalue weighted by Gasteiger charge is 2.41. The lowest BCUT2D eigenvalue weighted by Gasteiger charge is -2.29. The standard InChI is InChI=1S/C8H14F3N/c9-8(10,11)7-3-1-2-6(4-7)5-12/h6-7H,1-5,12H2/t6-,7-/m0/s1. The van der Waals surface area contributed by atoms with Crippen LogP contribution in [0.5, 0.6) is 0 Å². The van der Waals surface area contributed by atoms with E-state index in [-0.39, 0.29) is 12.3 Å². The minimum absolute atomic E-state index is 0.0883. The Hall–Kier alpha value is -0.250. The van der Waals surface area contributed by atoms with Gasteiger partial charge >= 0.3 is 6.18 Å². The van der Waals surface area contributed by atoms with Gasteiger partial charge in [0.05, 0.1) is 5.92 Å². The molecule has 12 heavy (non-hydrogen) atoms. The summed E-state index contributed by atoms with van der Waals surface area (Å²) < 4.78 is 36.6. The molecule has 72 valence electrons. The molecule has 0 amide bonds. The Labute approximate surface area is 70.1 Å². The van der Waals surface area contributed by atoms with Gasteiger partial charge in [-0.15, -0.1) is 0 Å². The number of halogens is 3. The molecule has 0 spiro atoms. The fraction of sp³-hybridized carbons (Fsp3) is 1.00. The van der Waals surface area contributed by atoms with Crippen molar-refractivity contribution in [3.8, 4) is 0 Å². The summed E-state index contributed by atoms with van der Waals surface area (Å²) in [4.78, 5) is 0. The van der Waals surface area contributed by atoms with E-state index in [9.17, 15) is 13.2 Å². The first-order chi connectivity index (χ1) is 5.54. The summed E-state index contributed by atoms with van der Waals surface area (Å²) in [5.74, 6) is -1.01. The Balaban J connectivity index is 2.46. The van der Waals surface area contributed by atoms with E-state index in [2.05, 4.69) is 0 Å². The lowest BCUT2D eigenvalue weighted by atomic mass is 9.81. The molecule has 0 unspecified atom stereocenters. The summed E-state index contributed by atoms with van der Waals surface area (Å²) in [6.07, 6.45) is -1.94. The normalized spacial score (nSPS) is 32.0. The van der Waals surface area contributed by atoms with Crippen molar-refractivity contribution < 1.29 is 13.2 Å². The van der Waals surface area contributed by atoms with E-state index < -0.39 is 12.1 Å². The Kier molecular flexibility index (Phi) is 2.99. The molecule has 0 aromatic heterocycles. The van der Waals surface area contributed by atoms with Crippen LogP contribution in [0.15, 0.2) is 0 Å². The minimum atomic E-state index is -4.01. The molecule has 2 atom stereocenters. The Morgan fingerprint density at radius 2 is 1.92 bits per heavy atom. The second-order valence-corrected chi connectivity index (χ2v) is 3.51. The van der Waals surface area contributed by atoms with E-state index in [4.69, 9.17) is 5.73 Å². The zero-order valence-corrected chi connectivity index (χ0v) is 6.90. The molecule has 0 bridgehead atoms. The van der Waals surface area contributed by atoms with Gasteiger partial charge in [0.25, 0.3) is 0 Å². The Bertz CT molecular complexity index is 144. The van der Waals surface area contributed by atoms with Crippen LogP contribution in [0.25, 0.3) is 0 Å². The van der Waals surface area contributed by atoms with Crippen molar-refractivity contribution in [2.45, 2.75) is 31.9 Å². The van der Waals surface area contributed by atoms with E-state index in [0.717, 1.165) is 6.42 Å². The van der Waals surface area contributed by atoms with Gasteiger partial charge in [-0.1, -0.05) is 6.42 Å². The van der Waals surface area contributed by atoms with Gasteiger partial charge in [-0.25, -0.2) is 0 Å². The second-order valence-electron chi connectivity index (χ2n) is 3.51. The molecule has 1 aliphatic rings. The molecule has 0 aromatic rings. The molecule has 0 saturated heterocycles. The highest BCUT2D eigenvalue weighted by Crippen LogP contribution is 2.39. The zero-order chi connectivity index (χ0) is 9.19. The van der Waals surface area contributed by atoms with Crippen molar-refractivity contribution in [3.05, 3.63) is 0 Å². The van der Waals surface area contributed by atoms with E-state index in [1.807, 2.05) is 0 Å². The Morgan fingerprint density at radius 1 is 1.25 bits per heavy atom. The molecule has 0 heterocycles. The van der Waals surface area contributed by atoms with Crippen molar-refractivity contribution in [2.24, 2.45) is 17.6 Å². The maximum Gasteiger partial charge on any atom is 0.391 e. The van der Waals surface area contributed by atoms with Gasteiger partial charge in [0.15, 0.2) is 0 Å². The van der Waals surface area contributed by atoms with Crippen LogP contribution in [-0.4, -0.2) is 12.7 Å². The van der Waals surface area contributed by atoms with Gasteiger partial charge in [0.1, 0.15) is 0 Å². The molecular formula is C8H14F3N. The number of alkyl halides is 3. The topological polar surface area (TPSA) is 26.0 Å². The predicted octanol–water partition coefficient (Wildman–Crippen LogP) is 2.31. The van der Waals surface area contributed by atoms with Gasteiger partial charge in [-0.2, -0.15) is 13.2 Å². The molecular weight excluding hydrogens is 167 g/mol. The summed E-state index contributed by atoms with van der Waals surface area (Å²) in [6, 6.07) is 0. The number of rotatable bonds is 1. The highest BCUT2D eigenvalue weighted by molar-refractivity contribution is 4.77. The molecule has 2 N–H and O–H groups in total. The molecule has 1 fully saturated rings. The van der Waals surface area contributed by atoms with Gasteiger partial charge in [-0.3, -0.25) is 0 Å². The SMILES string of the molecule is NC[C@H]1CCC[C@H](C(F)(F)F)C1.